The van der Waals surface area contributed by atoms with Gasteiger partial charge in [-0.3, -0.25) is 9.79 Å². The Labute approximate surface area is 179 Å². The monoisotopic (exact) mass is 440 g/mol. The first-order valence-corrected chi connectivity index (χ1v) is 11.3. The van der Waals surface area contributed by atoms with Crippen LogP contribution < -0.4 is 5.32 Å². The van der Waals surface area contributed by atoms with Crippen molar-refractivity contribution >= 4 is 67.6 Å². The Balaban J connectivity index is 1.46. The number of para-hydroxylation sites is 1. The molecule has 2 N–H and O–H groups in total. The molecule has 0 aliphatic carbocycles. The molecule has 1 amide bonds. The Kier molecular flexibility index (Phi) is 5.89. The van der Waals surface area contributed by atoms with Crippen LogP contribution in [-0.2, 0) is 4.79 Å². The number of phenolic OH excluding ortho intramolecular Hbond substituents is 1. The van der Waals surface area contributed by atoms with E-state index in [1.807, 2.05) is 36.6 Å². The lowest BCUT2D eigenvalue weighted by atomic mass is 10.2. The van der Waals surface area contributed by atoms with Crippen molar-refractivity contribution in [1.82, 2.24) is 9.97 Å². The number of aromatic nitrogens is 2. The molecule has 1 atom stereocenters. The van der Waals surface area contributed by atoms with Crippen LogP contribution in [0.15, 0.2) is 63.4 Å². The summed E-state index contributed by atoms with van der Waals surface area (Å²) in [6.45, 7) is 1.85. The third kappa shape index (κ3) is 4.81. The maximum Gasteiger partial charge on any atom is 0.239 e. The lowest BCUT2D eigenvalue weighted by Gasteiger charge is -2.07. The lowest BCUT2D eigenvalue weighted by Crippen LogP contribution is -2.22. The molecule has 2 aromatic heterocycles. The first kappa shape index (κ1) is 19.6. The number of phenols is 1. The van der Waals surface area contributed by atoms with Gasteiger partial charge in [-0.2, -0.15) is 0 Å². The van der Waals surface area contributed by atoms with Crippen LogP contribution in [0.5, 0.6) is 5.75 Å². The molecule has 6 nitrogen and oxygen atoms in total. The van der Waals surface area contributed by atoms with Crippen molar-refractivity contribution in [1.29, 1.82) is 0 Å². The summed E-state index contributed by atoms with van der Waals surface area (Å²) in [5.41, 5.74) is 2.30. The first-order valence-electron chi connectivity index (χ1n) is 8.68. The lowest BCUT2D eigenvalue weighted by molar-refractivity contribution is -0.115. The third-order valence-electron chi connectivity index (χ3n) is 3.95. The van der Waals surface area contributed by atoms with Crippen molar-refractivity contribution in [3.8, 4) is 5.75 Å². The summed E-state index contributed by atoms with van der Waals surface area (Å²) in [6.07, 6.45) is 3.29. The summed E-state index contributed by atoms with van der Waals surface area (Å²) in [5.74, 6) is 0.0935. The number of benzene rings is 2. The number of nitrogens with zero attached hydrogens (tertiary/aromatic N) is 3. The molecule has 29 heavy (non-hydrogen) atoms. The molecule has 0 fully saturated rings. The van der Waals surface area contributed by atoms with E-state index in [1.165, 1.54) is 34.4 Å². The molecule has 0 aliphatic rings. The van der Waals surface area contributed by atoms with Crippen molar-refractivity contribution in [2.75, 3.05) is 5.32 Å². The van der Waals surface area contributed by atoms with Crippen LogP contribution in [0.2, 0.25) is 0 Å². The topological polar surface area (TPSA) is 87.5 Å². The van der Waals surface area contributed by atoms with Gasteiger partial charge < -0.3 is 10.4 Å². The van der Waals surface area contributed by atoms with Crippen LogP contribution in [0.4, 0.5) is 10.8 Å². The Morgan fingerprint density at radius 3 is 2.97 bits per heavy atom. The highest BCUT2D eigenvalue weighted by Crippen LogP contribution is 2.34. The molecule has 1 unspecified atom stereocenters. The molecular formula is C20H16N4O2S3. The minimum Gasteiger partial charge on any atom is -0.507 e. The molecule has 9 heteroatoms. The minimum atomic E-state index is -0.294. The van der Waals surface area contributed by atoms with E-state index in [9.17, 15) is 9.90 Å². The predicted molar refractivity (Wildman–Crippen MR) is 121 cm³/mol. The van der Waals surface area contributed by atoms with E-state index in [4.69, 9.17) is 0 Å². The molecular weight excluding hydrogens is 424 g/mol. The average Bonchev–Trinajstić information content (AvgIpc) is 3.36. The Morgan fingerprint density at radius 1 is 1.31 bits per heavy atom. The van der Waals surface area contributed by atoms with Gasteiger partial charge >= 0.3 is 0 Å². The number of aromatic hydroxyl groups is 1. The molecule has 146 valence electrons. The van der Waals surface area contributed by atoms with Crippen LogP contribution in [0.1, 0.15) is 12.5 Å². The number of anilines is 1. The minimum absolute atomic E-state index is 0.0998. The van der Waals surface area contributed by atoms with E-state index in [1.54, 1.807) is 30.6 Å². The summed E-state index contributed by atoms with van der Waals surface area (Å²) in [7, 11) is 0. The molecule has 4 aromatic rings. The fraction of sp³-hybridized carbons (Fsp3) is 0.100. The number of hydrogen-bond acceptors (Lipinski definition) is 8. The Morgan fingerprint density at radius 2 is 2.17 bits per heavy atom. The van der Waals surface area contributed by atoms with Crippen LogP contribution in [0.3, 0.4) is 0 Å². The van der Waals surface area contributed by atoms with Gasteiger partial charge in [0.2, 0.25) is 5.91 Å². The maximum atomic E-state index is 12.3. The van der Waals surface area contributed by atoms with Gasteiger partial charge in [0.1, 0.15) is 5.75 Å². The molecule has 0 saturated carbocycles. The van der Waals surface area contributed by atoms with Crippen LogP contribution in [0, 0.1) is 0 Å². The quantitative estimate of drug-likeness (QED) is 0.313. The molecule has 0 aliphatic heterocycles. The fourth-order valence-electron chi connectivity index (χ4n) is 2.46. The van der Waals surface area contributed by atoms with E-state index in [2.05, 4.69) is 20.3 Å². The van der Waals surface area contributed by atoms with E-state index in [-0.39, 0.29) is 16.9 Å². The number of hydrogen-bond donors (Lipinski definition) is 2. The molecule has 0 spiro atoms. The van der Waals surface area contributed by atoms with Gasteiger partial charge in [-0.15, -0.1) is 22.7 Å². The number of fused-ring (bicyclic) bond motifs is 1. The SMILES string of the molecule is CC(Sc1nc2ccc(N=Cc3ccccc3O)cc2s1)C(=O)Nc1nccs1. The number of nitrogens with one attached hydrogen (secondary N) is 1. The van der Waals surface area contributed by atoms with E-state index in [0.717, 1.165) is 20.2 Å². The summed E-state index contributed by atoms with van der Waals surface area (Å²) in [6, 6.07) is 12.8. The second kappa shape index (κ2) is 8.73. The van der Waals surface area contributed by atoms with Crippen molar-refractivity contribution in [2.24, 2.45) is 4.99 Å². The summed E-state index contributed by atoms with van der Waals surface area (Å²) in [4.78, 5) is 25.4. The third-order valence-corrected chi connectivity index (χ3v) is 6.85. The van der Waals surface area contributed by atoms with E-state index >= 15 is 0 Å². The normalized spacial score (nSPS) is 12.4. The van der Waals surface area contributed by atoms with Crippen LogP contribution >= 0.6 is 34.4 Å². The molecule has 2 heterocycles. The highest BCUT2D eigenvalue weighted by molar-refractivity contribution is 8.02. The number of rotatable bonds is 6. The van der Waals surface area contributed by atoms with E-state index in [0.29, 0.717) is 10.7 Å². The smallest absolute Gasteiger partial charge is 0.239 e. The number of amides is 1. The van der Waals surface area contributed by atoms with Crippen molar-refractivity contribution in [2.45, 2.75) is 16.5 Å². The second-order valence-electron chi connectivity index (χ2n) is 6.04. The average molecular weight is 441 g/mol. The molecule has 0 radical (unpaired) electrons. The van der Waals surface area contributed by atoms with Gasteiger partial charge in [0.25, 0.3) is 0 Å². The number of thiazole rings is 2. The largest absolute Gasteiger partial charge is 0.507 e. The maximum absolute atomic E-state index is 12.3. The van der Waals surface area contributed by atoms with E-state index < -0.39 is 0 Å². The van der Waals surface area contributed by atoms with Gasteiger partial charge in [0.05, 0.1) is 21.2 Å². The first-order chi connectivity index (χ1) is 14.1. The highest BCUT2D eigenvalue weighted by Gasteiger charge is 2.18. The predicted octanol–water partition coefficient (Wildman–Crippen LogP) is 5.33. The Bertz CT molecular complexity index is 1170. The second-order valence-corrected chi connectivity index (χ2v) is 9.55. The molecule has 0 saturated heterocycles. The zero-order valence-corrected chi connectivity index (χ0v) is 17.7. The van der Waals surface area contributed by atoms with Crippen LogP contribution in [-0.4, -0.2) is 32.4 Å². The van der Waals surface area contributed by atoms with Gasteiger partial charge in [0, 0.05) is 23.4 Å². The van der Waals surface area contributed by atoms with Crippen LogP contribution in [0.25, 0.3) is 10.2 Å². The summed E-state index contributed by atoms with van der Waals surface area (Å²) >= 11 is 4.33. The van der Waals surface area contributed by atoms with Gasteiger partial charge in [-0.25, -0.2) is 9.97 Å². The zero-order valence-electron chi connectivity index (χ0n) is 15.3. The highest BCUT2D eigenvalue weighted by atomic mass is 32.2. The van der Waals surface area contributed by atoms with Crippen molar-refractivity contribution in [3.63, 3.8) is 0 Å². The Hall–Kier alpha value is -2.75. The number of thioether (sulfide) groups is 1. The molecule has 4 rings (SSSR count). The van der Waals surface area contributed by atoms with Crippen molar-refractivity contribution in [3.05, 3.63) is 59.6 Å². The van der Waals surface area contributed by atoms with Crippen molar-refractivity contribution < 1.29 is 9.90 Å². The summed E-state index contributed by atoms with van der Waals surface area (Å²) < 4.78 is 1.82. The zero-order chi connectivity index (χ0) is 20.2. The van der Waals surface area contributed by atoms with Gasteiger partial charge in [0.15, 0.2) is 9.47 Å². The standard InChI is InChI=1S/C20H16N4O2S3/c1-12(18(26)24-19-21-8-9-27-19)28-20-23-15-7-6-14(10-17(15)29-20)22-11-13-4-2-3-5-16(13)25/h2-12,25H,1H3,(H,21,24,26). The molecule has 2 aromatic carbocycles. The molecule has 0 bridgehead atoms. The van der Waals surface area contributed by atoms with Gasteiger partial charge in [-0.05, 0) is 37.3 Å². The number of carbonyl (C=O) groups excluding carboxylic acids is 1. The number of aliphatic imine (C=N–C) groups is 1. The van der Waals surface area contributed by atoms with Gasteiger partial charge in [-0.1, -0.05) is 23.9 Å². The fourth-order valence-corrected chi connectivity index (χ4v) is 5.24. The summed E-state index contributed by atoms with van der Waals surface area (Å²) in [5, 5.41) is 14.8. The number of carbonyl (C=O) groups is 1.